The Labute approximate surface area is 131 Å². The van der Waals surface area contributed by atoms with Crippen LogP contribution in [-0.2, 0) is 19.5 Å². The van der Waals surface area contributed by atoms with Crippen LogP contribution in [0.2, 0.25) is 19.6 Å². The maximum atomic E-state index is 6.67. The fourth-order valence-corrected chi connectivity index (χ4v) is 1.19. The van der Waals surface area contributed by atoms with Crippen LogP contribution in [0.15, 0.2) is 54.6 Å². The summed E-state index contributed by atoms with van der Waals surface area (Å²) in [5, 5.41) is 0. The van der Waals surface area contributed by atoms with Crippen molar-refractivity contribution < 1.29 is 19.5 Å². The summed E-state index contributed by atoms with van der Waals surface area (Å²) in [6.45, 7) is 6.25. The average molecular weight is 316 g/mol. The van der Waals surface area contributed by atoms with Gasteiger partial charge in [-0.1, -0.05) is 55.5 Å². The van der Waals surface area contributed by atoms with E-state index in [0.717, 1.165) is 5.56 Å². The van der Waals surface area contributed by atoms with Crippen LogP contribution in [0.5, 0.6) is 0 Å². The van der Waals surface area contributed by atoms with Crippen molar-refractivity contribution in [3.05, 3.63) is 67.1 Å². The van der Waals surface area contributed by atoms with Gasteiger partial charge >= 0.3 is 19.5 Å². The molecule has 0 aliphatic heterocycles. The van der Waals surface area contributed by atoms with Gasteiger partial charge in [0.1, 0.15) is 0 Å². The largest absolute Gasteiger partial charge is 2.00 e. The molecule has 0 heterocycles. The summed E-state index contributed by atoms with van der Waals surface area (Å²) in [7, 11) is -1.21. The second kappa shape index (κ2) is 8.86. The summed E-state index contributed by atoms with van der Waals surface area (Å²) in [4.78, 5) is 0. The van der Waals surface area contributed by atoms with E-state index in [4.69, 9.17) is 6.42 Å². The number of rotatable bonds is 1. The summed E-state index contributed by atoms with van der Waals surface area (Å²) in [6, 6.07) is 21.5. The Bertz CT molecular complexity index is 455. The number of benzene rings is 2. The second-order valence-corrected chi connectivity index (χ2v) is 9.77. The zero-order valence-electron chi connectivity index (χ0n) is 11.9. The van der Waals surface area contributed by atoms with Gasteiger partial charge in [0.25, 0.3) is 0 Å². The molecule has 0 saturated heterocycles. The molecule has 0 fully saturated rings. The first kappa shape index (κ1) is 17.8. The first-order chi connectivity index (χ1) is 8.53. The molecule has 2 heteroatoms. The molecule has 92 valence electrons. The quantitative estimate of drug-likeness (QED) is 0.410. The standard InChI is InChI=1S/C12H9.C5H9Si.Zn/c1-3-7-11(8-4-1)12-9-5-2-6-10-12;1-5-6(2,3)4;/h1-9H;2-4H3;/q2*-1;+2. The fraction of sp³-hybridized carbons (Fsp3) is 0.176. The van der Waals surface area contributed by atoms with Crippen LogP contribution >= 0.6 is 0 Å². The van der Waals surface area contributed by atoms with Crippen molar-refractivity contribution in [1.29, 1.82) is 0 Å². The Balaban J connectivity index is 0.000000404. The molecule has 0 amide bonds. The van der Waals surface area contributed by atoms with Crippen molar-refractivity contribution in [3.63, 3.8) is 0 Å². The van der Waals surface area contributed by atoms with E-state index in [2.05, 4.69) is 49.5 Å². The van der Waals surface area contributed by atoms with Crippen LogP contribution in [0.1, 0.15) is 0 Å². The summed E-state index contributed by atoms with van der Waals surface area (Å²) in [5.41, 5.74) is 4.86. The molecule has 0 aliphatic carbocycles. The van der Waals surface area contributed by atoms with Crippen molar-refractivity contribution in [2.75, 3.05) is 0 Å². The molecular weight excluding hydrogens is 298 g/mol. The van der Waals surface area contributed by atoms with Gasteiger partial charge in [-0.15, -0.1) is 35.9 Å². The van der Waals surface area contributed by atoms with E-state index in [0.29, 0.717) is 0 Å². The minimum absolute atomic E-state index is 0. The van der Waals surface area contributed by atoms with Gasteiger partial charge in [-0.3, -0.25) is 0 Å². The zero-order chi connectivity index (χ0) is 13.4. The summed E-state index contributed by atoms with van der Waals surface area (Å²) >= 11 is 0. The third kappa shape index (κ3) is 7.78. The Hall–Kier alpha value is -1.16. The maximum absolute atomic E-state index is 6.67. The molecule has 0 unspecified atom stereocenters. The third-order valence-electron chi connectivity index (χ3n) is 2.17. The molecule has 2 rings (SSSR count). The monoisotopic (exact) mass is 314 g/mol. The van der Waals surface area contributed by atoms with Crippen molar-refractivity contribution in [2.24, 2.45) is 0 Å². The van der Waals surface area contributed by atoms with E-state index in [-0.39, 0.29) is 19.5 Å². The molecular formula is C17H18SiZn. The normalized spacial score (nSPS) is 9.37. The van der Waals surface area contributed by atoms with Crippen molar-refractivity contribution in [1.82, 2.24) is 0 Å². The maximum Gasteiger partial charge on any atom is 2.00 e. The molecule has 0 N–H and O–H groups in total. The Morgan fingerprint density at radius 3 is 1.89 bits per heavy atom. The van der Waals surface area contributed by atoms with Crippen LogP contribution in [0.4, 0.5) is 0 Å². The van der Waals surface area contributed by atoms with Gasteiger partial charge in [-0.25, -0.2) is 0 Å². The predicted molar refractivity (Wildman–Crippen MR) is 81.2 cm³/mol. The Morgan fingerprint density at radius 1 is 0.947 bits per heavy atom. The van der Waals surface area contributed by atoms with E-state index in [9.17, 15) is 0 Å². The Kier molecular flexibility index (Phi) is 8.32. The summed E-state index contributed by atoms with van der Waals surface area (Å²) in [5.74, 6) is 0. The minimum Gasteiger partial charge on any atom is -0.701 e. The average Bonchev–Trinajstić information content (AvgIpc) is 2.41. The molecule has 0 atom stereocenters. The van der Waals surface area contributed by atoms with Crippen LogP contribution < -0.4 is 0 Å². The zero-order valence-corrected chi connectivity index (χ0v) is 15.9. The van der Waals surface area contributed by atoms with E-state index in [1.807, 2.05) is 36.4 Å². The SMILES string of the molecule is [C-]#C[Si](C)(C)C.[Zn+2].[c-]1ccccc1-c1ccccc1. The third-order valence-corrected chi connectivity index (χ3v) is 2.92. The molecule has 0 aliphatic rings. The van der Waals surface area contributed by atoms with Gasteiger partial charge in [0.15, 0.2) is 0 Å². The van der Waals surface area contributed by atoms with E-state index in [1.54, 1.807) is 0 Å². The number of hydrogen-bond donors (Lipinski definition) is 0. The molecule has 0 aromatic heterocycles. The van der Waals surface area contributed by atoms with Crippen molar-refractivity contribution >= 4 is 8.07 Å². The van der Waals surface area contributed by atoms with Gasteiger partial charge in [0.2, 0.25) is 0 Å². The van der Waals surface area contributed by atoms with Crippen molar-refractivity contribution in [3.8, 4) is 16.7 Å². The topological polar surface area (TPSA) is 0 Å². The first-order valence-electron chi connectivity index (χ1n) is 5.99. The second-order valence-electron chi connectivity index (χ2n) is 5.02. The van der Waals surface area contributed by atoms with Crippen molar-refractivity contribution in [2.45, 2.75) is 19.6 Å². The molecule has 0 spiro atoms. The molecule has 19 heavy (non-hydrogen) atoms. The van der Waals surface area contributed by atoms with Gasteiger partial charge in [-0.2, -0.15) is 0 Å². The fourth-order valence-electron chi connectivity index (χ4n) is 1.19. The van der Waals surface area contributed by atoms with Crippen LogP contribution in [0.25, 0.3) is 11.1 Å². The Morgan fingerprint density at radius 2 is 1.47 bits per heavy atom. The molecule has 2 aromatic carbocycles. The van der Waals surface area contributed by atoms with E-state index in [1.165, 1.54) is 5.56 Å². The molecule has 0 saturated carbocycles. The number of hydrogen-bond acceptors (Lipinski definition) is 0. The smallest absolute Gasteiger partial charge is 0.701 e. The summed E-state index contributed by atoms with van der Waals surface area (Å²) in [6.07, 6.45) is 6.67. The van der Waals surface area contributed by atoms with Crippen LogP contribution in [0, 0.1) is 18.0 Å². The summed E-state index contributed by atoms with van der Waals surface area (Å²) < 4.78 is 0. The predicted octanol–water partition coefficient (Wildman–Crippen LogP) is 4.60. The van der Waals surface area contributed by atoms with E-state index >= 15 is 0 Å². The van der Waals surface area contributed by atoms with E-state index < -0.39 is 8.07 Å². The molecule has 0 nitrogen and oxygen atoms in total. The molecule has 0 bridgehead atoms. The van der Waals surface area contributed by atoms with Crippen LogP contribution in [0.3, 0.4) is 0 Å². The van der Waals surface area contributed by atoms with Gasteiger partial charge in [0, 0.05) is 0 Å². The van der Waals surface area contributed by atoms with Crippen LogP contribution in [-0.4, -0.2) is 8.07 Å². The van der Waals surface area contributed by atoms with Gasteiger partial charge < -0.3 is 12.0 Å². The molecule has 0 radical (unpaired) electrons. The van der Waals surface area contributed by atoms with Gasteiger partial charge in [-0.05, 0) is 0 Å². The minimum atomic E-state index is -1.21. The first-order valence-corrected chi connectivity index (χ1v) is 9.49. The van der Waals surface area contributed by atoms with Gasteiger partial charge in [0.05, 0.1) is 8.07 Å². The molecule has 2 aromatic rings.